The highest BCUT2D eigenvalue weighted by Gasteiger charge is 2.05. The molecule has 19 heavy (non-hydrogen) atoms. The van der Waals surface area contributed by atoms with Crippen LogP contribution >= 0.6 is 0 Å². The van der Waals surface area contributed by atoms with Crippen molar-refractivity contribution < 1.29 is 14.3 Å². The van der Waals surface area contributed by atoms with E-state index in [9.17, 15) is 9.59 Å². The third kappa shape index (κ3) is 6.41. The summed E-state index contributed by atoms with van der Waals surface area (Å²) in [6.45, 7) is 5.62. The van der Waals surface area contributed by atoms with Crippen molar-refractivity contribution in [2.75, 3.05) is 18.5 Å². The van der Waals surface area contributed by atoms with Crippen molar-refractivity contribution in [2.24, 2.45) is 0 Å². The lowest BCUT2D eigenvalue weighted by molar-refractivity contribution is -0.139. The maximum Gasteiger partial charge on any atom is 0.333 e. The number of hydrogen-bond donors (Lipinski definition) is 1. The minimum Gasteiger partial charge on any atom is -0.462 e. The van der Waals surface area contributed by atoms with Gasteiger partial charge in [0.25, 0.3) is 0 Å². The number of ketones is 1. The minimum absolute atomic E-state index is 0.0928. The Morgan fingerprint density at radius 2 is 1.95 bits per heavy atom. The van der Waals surface area contributed by atoms with Crippen LogP contribution in [0, 0.1) is 0 Å². The summed E-state index contributed by atoms with van der Waals surface area (Å²) in [5.41, 5.74) is 1.29. The Hall–Kier alpha value is -2.10. The van der Waals surface area contributed by atoms with Crippen molar-refractivity contribution in [3.05, 3.63) is 42.5 Å². The Labute approximate surface area is 113 Å². The fourth-order valence-electron chi connectivity index (χ4n) is 1.40. The molecule has 102 valence electrons. The first-order chi connectivity index (χ1) is 9.09. The van der Waals surface area contributed by atoms with Crippen molar-refractivity contribution in [1.82, 2.24) is 0 Å². The van der Waals surface area contributed by atoms with E-state index in [4.69, 9.17) is 4.74 Å². The number of esters is 1. The van der Waals surface area contributed by atoms with Crippen LogP contribution in [0.15, 0.2) is 42.5 Å². The summed E-state index contributed by atoms with van der Waals surface area (Å²) in [5, 5.41) is 3.04. The van der Waals surface area contributed by atoms with Gasteiger partial charge in [-0.1, -0.05) is 24.8 Å². The SMILES string of the molecule is C=C(C)C(=O)OCCCC(=O)CNc1ccccc1. The first-order valence-electron chi connectivity index (χ1n) is 6.23. The van der Waals surface area contributed by atoms with Crippen molar-refractivity contribution in [1.29, 1.82) is 0 Å². The zero-order chi connectivity index (χ0) is 14.1. The monoisotopic (exact) mass is 261 g/mol. The largest absolute Gasteiger partial charge is 0.462 e. The van der Waals surface area contributed by atoms with Gasteiger partial charge in [-0.15, -0.1) is 0 Å². The average Bonchev–Trinajstić information content (AvgIpc) is 2.42. The molecule has 4 heteroatoms. The standard InChI is InChI=1S/C15H19NO3/c1-12(2)15(18)19-10-6-9-14(17)11-16-13-7-4-3-5-8-13/h3-5,7-8,16H,1,6,9-11H2,2H3. The van der Waals surface area contributed by atoms with Crippen molar-refractivity contribution in [3.8, 4) is 0 Å². The Balaban J connectivity index is 2.12. The molecule has 0 bridgehead atoms. The molecule has 0 saturated heterocycles. The van der Waals surface area contributed by atoms with Gasteiger partial charge in [-0.3, -0.25) is 4.79 Å². The van der Waals surface area contributed by atoms with E-state index in [0.717, 1.165) is 5.69 Å². The lowest BCUT2D eigenvalue weighted by atomic mass is 10.2. The number of Topliss-reactive ketones (excluding diaryl/α,β-unsaturated/α-hetero) is 1. The molecule has 0 spiro atoms. The van der Waals surface area contributed by atoms with Crippen LogP contribution in [0.2, 0.25) is 0 Å². The maximum absolute atomic E-state index is 11.6. The quantitative estimate of drug-likeness (QED) is 0.444. The number of anilines is 1. The van der Waals surface area contributed by atoms with Crippen LogP contribution < -0.4 is 5.32 Å². The minimum atomic E-state index is -0.408. The fraction of sp³-hybridized carbons (Fsp3) is 0.333. The predicted octanol–water partition coefficient (Wildman–Crippen LogP) is 2.57. The summed E-state index contributed by atoms with van der Waals surface area (Å²) >= 11 is 0. The number of nitrogens with one attached hydrogen (secondary N) is 1. The second kappa shape index (κ2) is 8.08. The molecule has 0 atom stereocenters. The van der Waals surface area contributed by atoms with E-state index in [2.05, 4.69) is 11.9 Å². The molecular weight excluding hydrogens is 242 g/mol. The predicted molar refractivity (Wildman–Crippen MR) is 74.9 cm³/mol. The lowest BCUT2D eigenvalue weighted by Crippen LogP contribution is -2.15. The molecule has 0 fully saturated rings. The van der Waals surface area contributed by atoms with Crippen LogP contribution in [0.3, 0.4) is 0 Å². The summed E-state index contributed by atoms with van der Waals surface area (Å²) in [4.78, 5) is 22.7. The summed E-state index contributed by atoms with van der Waals surface area (Å²) in [7, 11) is 0. The van der Waals surface area contributed by atoms with Crippen LogP contribution in [-0.2, 0) is 14.3 Å². The van der Waals surface area contributed by atoms with Crippen LogP contribution in [0.5, 0.6) is 0 Å². The normalized spacial score (nSPS) is 9.74. The van der Waals surface area contributed by atoms with Gasteiger partial charge < -0.3 is 10.1 Å². The average molecular weight is 261 g/mol. The summed E-state index contributed by atoms with van der Waals surface area (Å²) in [6.07, 6.45) is 0.928. The Bertz CT molecular complexity index is 440. The van der Waals surface area contributed by atoms with Gasteiger partial charge in [-0.2, -0.15) is 0 Å². The van der Waals surface area contributed by atoms with Crippen molar-refractivity contribution >= 4 is 17.4 Å². The summed E-state index contributed by atoms with van der Waals surface area (Å²) < 4.78 is 4.91. The molecule has 0 unspecified atom stereocenters. The van der Waals surface area contributed by atoms with Crippen molar-refractivity contribution in [2.45, 2.75) is 19.8 Å². The molecule has 0 radical (unpaired) electrons. The first-order valence-corrected chi connectivity index (χ1v) is 6.23. The third-order valence-electron chi connectivity index (χ3n) is 2.45. The fourth-order valence-corrected chi connectivity index (χ4v) is 1.40. The molecule has 1 N–H and O–H groups in total. The third-order valence-corrected chi connectivity index (χ3v) is 2.45. The van der Waals surface area contributed by atoms with Crippen molar-refractivity contribution in [3.63, 3.8) is 0 Å². The van der Waals surface area contributed by atoms with Crippen LogP contribution in [0.4, 0.5) is 5.69 Å². The Kier molecular flexibility index (Phi) is 6.36. The molecule has 0 amide bonds. The topological polar surface area (TPSA) is 55.4 Å². The molecule has 0 aliphatic heterocycles. The first kappa shape index (κ1) is 15.0. The molecule has 0 heterocycles. The molecule has 0 aliphatic rings. The number of benzene rings is 1. The molecular formula is C15H19NO3. The van der Waals surface area contributed by atoms with Gasteiger partial charge in [0.2, 0.25) is 0 Å². The van der Waals surface area contributed by atoms with Gasteiger partial charge in [-0.25, -0.2) is 4.79 Å². The second-order valence-corrected chi connectivity index (χ2v) is 4.28. The maximum atomic E-state index is 11.6. The zero-order valence-electron chi connectivity index (χ0n) is 11.1. The van der Waals surface area contributed by atoms with Crippen LogP contribution in [0.25, 0.3) is 0 Å². The molecule has 1 aromatic rings. The molecule has 0 aliphatic carbocycles. The molecule has 1 rings (SSSR count). The zero-order valence-corrected chi connectivity index (χ0v) is 11.1. The van der Waals surface area contributed by atoms with E-state index in [1.807, 2.05) is 30.3 Å². The smallest absolute Gasteiger partial charge is 0.333 e. The number of para-hydroxylation sites is 1. The van der Waals surface area contributed by atoms with Crippen LogP contribution in [-0.4, -0.2) is 24.9 Å². The van der Waals surface area contributed by atoms with Gasteiger partial charge in [0.05, 0.1) is 13.2 Å². The Morgan fingerprint density at radius 3 is 2.58 bits per heavy atom. The molecule has 4 nitrogen and oxygen atoms in total. The highest BCUT2D eigenvalue weighted by molar-refractivity contribution is 5.87. The number of ether oxygens (including phenoxy) is 1. The highest BCUT2D eigenvalue weighted by Crippen LogP contribution is 2.04. The van der Waals surface area contributed by atoms with E-state index in [-0.39, 0.29) is 12.4 Å². The number of hydrogen-bond acceptors (Lipinski definition) is 4. The summed E-state index contributed by atoms with van der Waals surface area (Å²) in [5.74, 6) is -0.315. The van der Waals surface area contributed by atoms with Gasteiger partial charge in [0.15, 0.2) is 5.78 Å². The van der Waals surface area contributed by atoms with Gasteiger partial charge >= 0.3 is 5.97 Å². The Morgan fingerprint density at radius 1 is 1.26 bits per heavy atom. The van der Waals surface area contributed by atoms with Crippen LogP contribution in [0.1, 0.15) is 19.8 Å². The van der Waals surface area contributed by atoms with Gasteiger partial charge in [-0.05, 0) is 25.5 Å². The second-order valence-electron chi connectivity index (χ2n) is 4.28. The lowest BCUT2D eigenvalue weighted by Gasteiger charge is -2.06. The van der Waals surface area contributed by atoms with E-state index in [1.54, 1.807) is 6.92 Å². The number of carbonyl (C=O) groups excluding carboxylic acids is 2. The summed E-state index contributed by atoms with van der Waals surface area (Å²) in [6, 6.07) is 9.54. The number of rotatable bonds is 8. The van der Waals surface area contributed by atoms with Gasteiger partial charge in [0.1, 0.15) is 0 Å². The van der Waals surface area contributed by atoms with Gasteiger partial charge in [0, 0.05) is 17.7 Å². The molecule has 1 aromatic carbocycles. The van der Waals surface area contributed by atoms with E-state index in [0.29, 0.717) is 25.0 Å². The highest BCUT2D eigenvalue weighted by atomic mass is 16.5. The number of carbonyl (C=O) groups is 2. The van der Waals surface area contributed by atoms with E-state index in [1.165, 1.54) is 0 Å². The molecule has 0 aromatic heterocycles. The van der Waals surface area contributed by atoms with E-state index < -0.39 is 5.97 Å². The molecule has 0 saturated carbocycles. The van der Waals surface area contributed by atoms with E-state index >= 15 is 0 Å².